The maximum absolute atomic E-state index is 12.0. The van der Waals surface area contributed by atoms with Crippen LogP contribution in [0.15, 0.2) is 27.1 Å². The van der Waals surface area contributed by atoms with Crippen LogP contribution in [0.4, 0.5) is 5.69 Å². The molecule has 1 atom stereocenters. The molecule has 0 spiro atoms. The highest BCUT2D eigenvalue weighted by atomic mass is 79.9. The maximum atomic E-state index is 12.0. The Morgan fingerprint density at radius 2 is 1.94 bits per heavy atom. The number of rotatable bonds is 3. The molecule has 0 saturated carbocycles. The first-order valence-electron chi connectivity index (χ1n) is 5.59. The first-order chi connectivity index (χ1) is 8.54. The standard InChI is InChI=1S/C12H12Br2N2O2/c1-2-16-10(17)6-9(12(16)18)15-11-7(13)4-3-5-8(11)14/h3-5,9,15H,2,6H2,1H3. The van der Waals surface area contributed by atoms with Gasteiger partial charge in [-0.1, -0.05) is 6.07 Å². The van der Waals surface area contributed by atoms with E-state index in [9.17, 15) is 9.59 Å². The van der Waals surface area contributed by atoms with E-state index in [1.807, 2.05) is 18.2 Å². The van der Waals surface area contributed by atoms with Gasteiger partial charge in [-0.3, -0.25) is 14.5 Å². The van der Waals surface area contributed by atoms with Gasteiger partial charge < -0.3 is 5.32 Å². The average molecular weight is 376 g/mol. The molecule has 96 valence electrons. The fraction of sp³-hybridized carbons (Fsp3) is 0.333. The molecular weight excluding hydrogens is 364 g/mol. The van der Waals surface area contributed by atoms with Crippen LogP contribution in [0, 0.1) is 0 Å². The largest absolute Gasteiger partial charge is 0.371 e. The zero-order chi connectivity index (χ0) is 13.3. The number of hydrogen-bond acceptors (Lipinski definition) is 3. The molecular formula is C12H12Br2N2O2. The molecule has 1 N–H and O–H groups in total. The van der Waals surface area contributed by atoms with Crippen LogP contribution >= 0.6 is 31.9 Å². The van der Waals surface area contributed by atoms with Crippen LogP contribution in [0.3, 0.4) is 0 Å². The van der Waals surface area contributed by atoms with E-state index >= 15 is 0 Å². The summed E-state index contributed by atoms with van der Waals surface area (Å²) < 4.78 is 1.71. The Bertz CT molecular complexity index is 485. The van der Waals surface area contributed by atoms with Gasteiger partial charge in [-0.05, 0) is 50.9 Å². The third-order valence-corrected chi connectivity index (χ3v) is 4.16. The van der Waals surface area contributed by atoms with Crippen LogP contribution in [0.25, 0.3) is 0 Å². The van der Waals surface area contributed by atoms with Crippen LogP contribution in [0.1, 0.15) is 13.3 Å². The first-order valence-corrected chi connectivity index (χ1v) is 7.18. The van der Waals surface area contributed by atoms with Crippen LogP contribution in [0.2, 0.25) is 0 Å². The summed E-state index contributed by atoms with van der Waals surface area (Å²) in [7, 11) is 0. The monoisotopic (exact) mass is 374 g/mol. The molecule has 0 bridgehead atoms. The quantitative estimate of drug-likeness (QED) is 0.826. The van der Waals surface area contributed by atoms with E-state index in [0.717, 1.165) is 14.6 Å². The van der Waals surface area contributed by atoms with Crippen molar-refractivity contribution in [2.45, 2.75) is 19.4 Å². The summed E-state index contributed by atoms with van der Waals surface area (Å²) in [6.07, 6.45) is 0.209. The number of halogens is 2. The van der Waals surface area contributed by atoms with Gasteiger partial charge in [0.25, 0.3) is 5.91 Å². The van der Waals surface area contributed by atoms with E-state index in [1.165, 1.54) is 4.90 Å². The Morgan fingerprint density at radius 3 is 2.44 bits per heavy atom. The van der Waals surface area contributed by atoms with E-state index in [0.29, 0.717) is 6.54 Å². The van der Waals surface area contributed by atoms with Crippen molar-refractivity contribution in [3.8, 4) is 0 Å². The second-order valence-electron chi connectivity index (χ2n) is 3.97. The molecule has 1 fully saturated rings. The van der Waals surface area contributed by atoms with E-state index < -0.39 is 6.04 Å². The van der Waals surface area contributed by atoms with Crippen molar-refractivity contribution >= 4 is 49.4 Å². The molecule has 0 aromatic heterocycles. The van der Waals surface area contributed by atoms with Crippen molar-refractivity contribution in [3.05, 3.63) is 27.1 Å². The molecule has 4 nitrogen and oxygen atoms in total. The Balaban J connectivity index is 2.21. The number of anilines is 1. The number of amides is 2. The van der Waals surface area contributed by atoms with Crippen molar-refractivity contribution < 1.29 is 9.59 Å². The van der Waals surface area contributed by atoms with Crippen molar-refractivity contribution in [2.24, 2.45) is 0 Å². The Morgan fingerprint density at radius 1 is 1.33 bits per heavy atom. The van der Waals surface area contributed by atoms with Gasteiger partial charge in [-0.15, -0.1) is 0 Å². The summed E-state index contributed by atoms with van der Waals surface area (Å²) in [4.78, 5) is 24.9. The highest BCUT2D eigenvalue weighted by molar-refractivity contribution is 9.11. The second kappa shape index (κ2) is 5.40. The molecule has 2 amide bonds. The number of nitrogens with zero attached hydrogens (tertiary/aromatic N) is 1. The lowest BCUT2D eigenvalue weighted by molar-refractivity contribution is -0.138. The molecule has 1 aromatic rings. The normalized spacial score (nSPS) is 19.5. The number of benzene rings is 1. The number of likely N-dealkylation sites (tertiary alicyclic amines) is 1. The molecule has 2 rings (SSSR count). The third-order valence-electron chi connectivity index (χ3n) is 2.84. The van der Waals surface area contributed by atoms with Crippen LogP contribution < -0.4 is 5.32 Å². The van der Waals surface area contributed by atoms with Gasteiger partial charge >= 0.3 is 0 Å². The minimum Gasteiger partial charge on any atom is -0.371 e. The topological polar surface area (TPSA) is 49.4 Å². The Kier molecular flexibility index (Phi) is 4.07. The molecule has 0 radical (unpaired) electrons. The number of imide groups is 1. The fourth-order valence-corrected chi connectivity index (χ4v) is 3.17. The fourth-order valence-electron chi connectivity index (χ4n) is 1.94. The van der Waals surface area contributed by atoms with Gasteiger partial charge in [0.05, 0.1) is 12.1 Å². The van der Waals surface area contributed by atoms with Gasteiger partial charge in [-0.25, -0.2) is 0 Å². The zero-order valence-corrected chi connectivity index (χ0v) is 12.9. The molecule has 18 heavy (non-hydrogen) atoms. The smallest absolute Gasteiger partial charge is 0.252 e. The summed E-state index contributed by atoms with van der Waals surface area (Å²) in [5.41, 5.74) is 0.793. The van der Waals surface area contributed by atoms with Crippen LogP contribution in [-0.4, -0.2) is 29.3 Å². The molecule has 1 aliphatic rings. The number of hydrogen-bond donors (Lipinski definition) is 1. The summed E-state index contributed by atoms with van der Waals surface area (Å²) >= 11 is 6.84. The summed E-state index contributed by atoms with van der Waals surface area (Å²) in [5.74, 6) is -0.284. The minimum atomic E-state index is -0.479. The maximum Gasteiger partial charge on any atom is 0.252 e. The van der Waals surface area contributed by atoms with E-state index in [4.69, 9.17) is 0 Å². The van der Waals surface area contributed by atoms with Crippen molar-refractivity contribution in [3.63, 3.8) is 0 Å². The molecule has 1 aliphatic heterocycles. The summed E-state index contributed by atoms with van der Waals surface area (Å²) in [6, 6.07) is 5.17. The molecule has 6 heteroatoms. The number of carbonyl (C=O) groups is 2. The second-order valence-corrected chi connectivity index (χ2v) is 5.68. The van der Waals surface area contributed by atoms with Crippen molar-refractivity contribution in [1.82, 2.24) is 4.90 Å². The zero-order valence-electron chi connectivity index (χ0n) is 9.74. The van der Waals surface area contributed by atoms with Crippen molar-refractivity contribution in [2.75, 3.05) is 11.9 Å². The summed E-state index contributed by atoms with van der Waals surface area (Å²) in [6.45, 7) is 2.22. The summed E-state index contributed by atoms with van der Waals surface area (Å²) in [5, 5.41) is 3.12. The first kappa shape index (κ1) is 13.5. The lowest BCUT2D eigenvalue weighted by Crippen LogP contribution is -2.34. The minimum absolute atomic E-state index is 0.122. The number of carbonyl (C=O) groups excluding carboxylic acids is 2. The highest BCUT2D eigenvalue weighted by Crippen LogP contribution is 2.32. The van der Waals surface area contributed by atoms with Gasteiger partial charge in [0.2, 0.25) is 5.91 Å². The van der Waals surface area contributed by atoms with E-state index in [-0.39, 0.29) is 18.2 Å². The van der Waals surface area contributed by atoms with E-state index in [2.05, 4.69) is 37.2 Å². The van der Waals surface area contributed by atoms with Crippen LogP contribution in [0.5, 0.6) is 0 Å². The third kappa shape index (κ3) is 2.44. The molecule has 0 aliphatic carbocycles. The Labute approximate surface area is 122 Å². The number of para-hydroxylation sites is 1. The Hall–Kier alpha value is -0.880. The highest BCUT2D eigenvalue weighted by Gasteiger charge is 2.37. The number of likely N-dealkylation sites (N-methyl/N-ethyl adjacent to an activating group) is 1. The predicted octanol–water partition coefficient (Wildman–Crippen LogP) is 2.77. The lowest BCUT2D eigenvalue weighted by atomic mass is 10.2. The van der Waals surface area contributed by atoms with Crippen molar-refractivity contribution in [1.29, 1.82) is 0 Å². The van der Waals surface area contributed by atoms with Gasteiger partial charge in [0.1, 0.15) is 6.04 Å². The average Bonchev–Trinajstić information content (AvgIpc) is 2.59. The molecule has 1 heterocycles. The van der Waals surface area contributed by atoms with Crippen LogP contribution in [-0.2, 0) is 9.59 Å². The lowest BCUT2D eigenvalue weighted by Gasteiger charge is -2.16. The van der Waals surface area contributed by atoms with E-state index in [1.54, 1.807) is 6.92 Å². The van der Waals surface area contributed by atoms with Gasteiger partial charge in [0, 0.05) is 15.5 Å². The molecule has 1 aromatic carbocycles. The predicted molar refractivity (Wildman–Crippen MR) is 76.3 cm³/mol. The van der Waals surface area contributed by atoms with Gasteiger partial charge in [-0.2, -0.15) is 0 Å². The molecule has 1 saturated heterocycles. The number of nitrogens with one attached hydrogen (secondary N) is 1. The molecule has 1 unspecified atom stereocenters. The SMILES string of the molecule is CCN1C(=O)CC(Nc2c(Br)cccc2Br)C1=O. The van der Waals surface area contributed by atoms with Gasteiger partial charge in [0.15, 0.2) is 0 Å².